The van der Waals surface area contributed by atoms with Crippen LogP contribution in [0.3, 0.4) is 0 Å². The van der Waals surface area contributed by atoms with E-state index in [-0.39, 0.29) is 12.7 Å². The van der Waals surface area contributed by atoms with Gasteiger partial charge in [-0.3, -0.25) is 0 Å². The number of hydrogen-bond donors (Lipinski definition) is 5. The van der Waals surface area contributed by atoms with Gasteiger partial charge in [0.05, 0.1) is 31.5 Å². The van der Waals surface area contributed by atoms with Gasteiger partial charge in [-0.05, 0) is 20.3 Å². The minimum Gasteiger partial charge on any atom is -0.394 e. The quantitative estimate of drug-likeness (QED) is 0.357. The number of hydrogen-bond acceptors (Lipinski definition) is 8. The summed E-state index contributed by atoms with van der Waals surface area (Å²) in [5.41, 5.74) is 0. The summed E-state index contributed by atoms with van der Waals surface area (Å²) in [5.74, 6) is -0.591. The van der Waals surface area contributed by atoms with Crippen molar-refractivity contribution in [2.45, 2.75) is 83.1 Å². The molecule has 1 fully saturated rings. The van der Waals surface area contributed by atoms with Gasteiger partial charge in [-0.1, -0.05) is 13.8 Å². The highest BCUT2D eigenvalue weighted by Crippen LogP contribution is 2.29. The average Bonchev–Trinajstić information content (AvgIpc) is 2.56. The van der Waals surface area contributed by atoms with Gasteiger partial charge in [0.2, 0.25) is 0 Å². The highest BCUT2D eigenvalue weighted by molar-refractivity contribution is 4.88. The molecule has 0 aromatic rings. The molecule has 8 nitrogen and oxygen atoms in total. The number of aliphatic hydroxyl groups excluding tert-OH is 5. The summed E-state index contributed by atoms with van der Waals surface area (Å²) in [5, 5.41) is 48.8. The lowest BCUT2D eigenvalue weighted by Crippen LogP contribution is -2.57. The van der Waals surface area contributed by atoms with Gasteiger partial charge in [0.25, 0.3) is 0 Å². The molecule has 0 aliphatic carbocycles. The summed E-state index contributed by atoms with van der Waals surface area (Å²) in [6.07, 6.45) is -6.33. The van der Waals surface area contributed by atoms with Gasteiger partial charge in [-0.15, -0.1) is 0 Å². The predicted molar refractivity (Wildman–Crippen MR) is 85.2 cm³/mol. The molecule has 9 atom stereocenters. The lowest BCUT2D eigenvalue weighted by molar-refractivity contribution is -0.311. The first-order valence-electron chi connectivity index (χ1n) is 8.49. The normalized spacial score (nSPS) is 36.1. The van der Waals surface area contributed by atoms with Crippen LogP contribution in [0.4, 0.5) is 0 Å². The van der Waals surface area contributed by atoms with Crippen LogP contribution in [0.25, 0.3) is 0 Å². The lowest BCUT2D eigenvalue weighted by atomic mass is 9.92. The Labute approximate surface area is 143 Å². The zero-order valence-electron chi connectivity index (χ0n) is 14.8. The van der Waals surface area contributed by atoms with Crippen molar-refractivity contribution in [3.63, 3.8) is 0 Å². The van der Waals surface area contributed by atoms with E-state index < -0.39 is 55.4 Å². The smallest absolute Gasteiger partial charge is 0.163 e. The van der Waals surface area contributed by atoms with Gasteiger partial charge in [0, 0.05) is 5.92 Å². The Balaban J connectivity index is 2.86. The minimum absolute atomic E-state index is 0.130. The van der Waals surface area contributed by atoms with Crippen LogP contribution in [-0.2, 0) is 14.2 Å². The predicted octanol–water partition coefficient (Wildman–Crippen LogP) is -0.996. The summed E-state index contributed by atoms with van der Waals surface area (Å²) in [6, 6.07) is 0. The van der Waals surface area contributed by atoms with E-state index in [2.05, 4.69) is 0 Å². The SMILES string of the molecule is CCC(C)OC(CO)[C@@H](O[C@@H]1OC(CO)[C@@H](O)C(O)[C@@H]1C)C(C)O. The zero-order chi connectivity index (χ0) is 18.4. The Morgan fingerprint density at radius 2 is 1.75 bits per heavy atom. The molecular formula is C16H32O8. The molecule has 5 unspecified atom stereocenters. The fourth-order valence-electron chi connectivity index (χ4n) is 2.66. The van der Waals surface area contributed by atoms with Gasteiger partial charge in [0.15, 0.2) is 6.29 Å². The van der Waals surface area contributed by atoms with E-state index in [0.717, 1.165) is 6.42 Å². The standard InChI is InChI=1S/C16H32O8/c1-5-8(2)22-12(7-18)15(10(4)19)24-16-9(3)13(20)14(21)11(6-17)23-16/h8-21H,5-7H2,1-4H3/t8?,9-,10?,11?,12?,13?,14+,15-,16-/m0/s1. The van der Waals surface area contributed by atoms with Crippen LogP contribution in [0.15, 0.2) is 0 Å². The number of aliphatic hydroxyl groups is 5. The molecular weight excluding hydrogens is 320 g/mol. The highest BCUT2D eigenvalue weighted by atomic mass is 16.7. The molecule has 144 valence electrons. The van der Waals surface area contributed by atoms with Crippen LogP contribution >= 0.6 is 0 Å². The second-order valence-electron chi connectivity index (χ2n) is 6.48. The second-order valence-corrected chi connectivity index (χ2v) is 6.48. The molecule has 5 N–H and O–H groups in total. The molecule has 0 aromatic heterocycles. The van der Waals surface area contributed by atoms with Crippen molar-refractivity contribution < 1.29 is 39.7 Å². The highest BCUT2D eigenvalue weighted by Gasteiger charge is 2.44. The number of rotatable bonds is 9. The van der Waals surface area contributed by atoms with Gasteiger partial charge in [-0.25, -0.2) is 0 Å². The third-order valence-electron chi connectivity index (χ3n) is 4.48. The van der Waals surface area contributed by atoms with E-state index in [1.165, 1.54) is 6.92 Å². The molecule has 1 aliphatic heterocycles. The van der Waals surface area contributed by atoms with E-state index in [1.54, 1.807) is 6.92 Å². The van der Waals surface area contributed by atoms with Crippen LogP contribution in [0, 0.1) is 5.92 Å². The molecule has 0 aromatic carbocycles. The number of ether oxygens (including phenoxy) is 3. The van der Waals surface area contributed by atoms with Crippen molar-refractivity contribution >= 4 is 0 Å². The van der Waals surface area contributed by atoms with Crippen LogP contribution in [0.2, 0.25) is 0 Å². The Morgan fingerprint density at radius 1 is 1.12 bits per heavy atom. The monoisotopic (exact) mass is 352 g/mol. The van der Waals surface area contributed by atoms with E-state index in [9.17, 15) is 25.5 Å². The maximum atomic E-state index is 10.1. The van der Waals surface area contributed by atoms with Crippen molar-refractivity contribution in [1.82, 2.24) is 0 Å². The molecule has 8 heteroatoms. The third-order valence-corrected chi connectivity index (χ3v) is 4.48. The van der Waals surface area contributed by atoms with Gasteiger partial charge in [0.1, 0.15) is 24.4 Å². The molecule has 1 heterocycles. The van der Waals surface area contributed by atoms with Crippen LogP contribution in [0.1, 0.15) is 34.1 Å². The first-order chi connectivity index (χ1) is 11.3. The Morgan fingerprint density at radius 3 is 2.21 bits per heavy atom. The van der Waals surface area contributed by atoms with Crippen molar-refractivity contribution in [1.29, 1.82) is 0 Å². The summed E-state index contributed by atoms with van der Waals surface area (Å²) in [7, 11) is 0. The topological polar surface area (TPSA) is 129 Å². The Bertz CT molecular complexity index is 351. The maximum absolute atomic E-state index is 10.1. The molecule has 1 saturated heterocycles. The fourth-order valence-corrected chi connectivity index (χ4v) is 2.66. The molecule has 0 radical (unpaired) electrons. The minimum atomic E-state index is -1.22. The maximum Gasteiger partial charge on any atom is 0.163 e. The van der Waals surface area contributed by atoms with E-state index in [1.807, 2.05) is 13.8 Å². The second kappa shape index (κ2) is 9.98. The van der Waals surface area contributed by atoms with E-state index in [0.29, 0.717) is 0 Å². The summed E-state index contributed by atoms with van der Waals surface area (Å²) in [6.45, 7) is 6.10. The summed E-state index contributed by atoms with van der Waals surface area (Å²) < 4.78 is 17.0. The zero-order valence-corrected chi connectivity index (χ0v) is 14.8. The van der Waals surface area contributed by atoms with Crippen molar-refractivity contribution in [3.8, 4) is 0 Å². The fraction of sp³-hybridized carbons (Fsp3) is 1.00. The average molecular weight is 352 g/mol. The Hall–Kier alpha value is -0.320. The van der Waals surface area contributed by atoms with Crippen LogP contribution in [-0.4, -0.2) is 87.8 Å². The van der Waals surface area contributed by atoms with Gasteiger partial charge >= 0.3 is 0 Å². The van der Waals surface area contributed by atoms with E-state index >= 15 is 0 Å². The first-order valence-corrected chi connectivity index (χ1v) is 8.49. The molecule has 1 rings (SSSR count). The molecule has 0 bridgehead atoms. The molecule has 0 saturated carbocycles. The van der Waals surface area contributed by atoms with Gasteiger partial charge in [-0.2, -0.15) is 0 Å². The van der Waals surface area contributed by atoms with Crippen molar-refractivity contribution in [3.05, 3.63) is 0 Å². The third kappa shape index (κ3) is 5.34. The largest absolute Gasteiger partial charge is 0.394 e. The lowest BCUT2D eigenvalue weighted by Gasteiger charge is -2.43. The molecule has 0 spiro atoms. The van der Waals surface area contributed by atoms with Crippen LogP contribution in [0.5, 0.6) is 0 Å². The van der Waals surface area contributed by atoms with Crippen LogP contribution < -0.4 is 0 Å². The first kappa shape index (κ1) is 21.7. The summed E-state index contributed by atoms with van der Waals surface area (Å²) in [4.78, 5) is 0. The molecule has 24 heavy (non-hydrogen) atoms. The Kier molecular flexibility index (Phi) is 9.03. The van der Waals surface area contributed by atoms with Gasteiger partial charge < -0.3 is 39.7 Å². The van der Waals surface area contributed by atoms with Crippen molar-refractivity contribution in [2.24, 2.45) is 5.92 Å². The summed E-state index contributed by atoms with van der Waals surface area (Å²) >= 11 is 0. The van der Waals surface area contributed by atoms with E-state index in [4.69, 9.17) is 14.2 Å². The molecule has 0 amide bonds. The molecule has 1 aliphatic rings. The van der Waals surface area contributed by atoms with Crippen molar-refractivity contribution in [2.75, 3.05) is 13.2 Å².